The Hall–Kier alpha value is -0.650. The molecular formula is C10H20N2O3. The van der Waals surface area contributed by atoms with Crippen LogP contribution in [-0.2, 0) is 14.3 Å². The Labute approximate surface area is 90.5 Å². The Morgan fingerprint density at radius 1 is 1.73 bits per heavy atom. The molecule has 0 aromatic heterocycles. The molecule has 1 aliphatic heterocycles. The lowest BCUT2D eigenvalue weighted by Crippen LogP contribution is -2.45. The van der Waals surface area contributed by atoms with Gasteiger partial charge in [-0.25, -0.2) is 0 Å². The second kappa shape index (κ2) is 6.05. The summed E-state index contributed by atoms with van der Waals surface area (Å²) in [6, 6.07) is -0.568. The zero-order valence-electron chi connectivity index (χ0n) is 9.44. The Morgan fingerprint density at radius 3 is 3.07 bits per heavy atom. The van der Waals surface area contributed by atoms with Crippen molar-refractivity contribution in [3.8, 4) is 0 Å². The molecule has 1 rings (SSSR count). The van der Waals surface area contributed by atoms with E-state index in [1.54, 1.807) is 6.92 Å². The van der Waals surface area contributed by atoms with Gasteiger partial charge in [-0.2, -0.15) is 0 Å². The summed E-state index contributed by atoms with van der Waals surface area (Å²) in [5, 5.41) is 0. The highest BCUT2D eigenvalue weighted by atomic mass is 16.5. The van der Waals surface area contributed by atoms with Crippen molar-refractivity contribution in [1.29, 1.82) is 0 Å². The molecule has 5 heteroatoms. The molecule has 1 saturated heterocycles. The van der Waals surface area contributed by atoms with E-state index in [0.717, 1.165) is 13.1 Å². The SMILES string of the molecule is CCOC(=O)C(N)CC1CN(C)CCO1. The van der Waals surface area contributed by atoms with E-state index in [0.29, 0.717) is 19.6 Å². The van der Waals surface area contributed by atoms with Crippen molar-refractivity contribution >= 4 is 5.97 Å². The second-order valence-corrected chi connectivity index (χ2v) is 3.85. The van der Waals surface area contributed by atoms with Crippen molar-refractivity contribution < 1.29 is 14.3 Å². The summed E-state index contributed by atoms with van der Waals surface area (Å²) in [7, 11) is 2.03. The molecule has 0 aromatic carbocycles. The van der Waals surface area contributed by atoms with Gasteiger partial charge in [0.05, 0.1) is 19.3 Å². The highest BCUT2D eigenvalue weighted by Gasteiger charge is 2.24. The van der Waals surface area contributed by atoms with E-state index in [4.69, 9.17) is 15.2 Å². The number of likely N-dealkylation sites (N-methyl/N-ethyl adjacent to an activating group) is 1. The highest BCUT2D eigenvalue weighted by Crippen LogP contribution is 2.09. The molecule has 1 aliphatic rings. The van der Waals surface area contributed by atoms with Gasteiger partial charge in [-0.3, -0.25) is 4.79 Å². The molecule has 0 aliphatic carbocycles. The van der Waals surface area contributed by atoms with Gasteiger partial charge in [0, 0.05) is 19.5 Å². The number of morpholine rings is 1. The second-order valence-electron chi connectivity index (χ2n) is 3.85. The predicted octanol–water partition coefficient (Wildman–Crippen LogP) is -0.402. The van der Waals surface area contributed by atoms with Crippen molar-refractivity contribution in [3.63, 3.8) is 0 Å². The lowest BCUT2D eigenvalue weighted by molar-refractivity contribution is -0.146. The molecule has 1 heterocycles. The third-order valence-electron chi connectivity index (χ3n) is 2.45. The summed E-state index contributed by atoms with van der Waals surface area (Å²) in [6.45, 7) is 4.61. The number of hydrogen-bond acceptors (Lipinski definition) is 5. The van der Waals surface area contributed by atoms with Crippen LogP contribution in [0.3, 0.4) is 0 Å². The predicted molar refractivity (Wildman–Crippen MR) is 56.5 cm³/mol. The molecule has 0 amide bonds. The molecule has 0 spiro atoms. The number of nitrogens with zero attached hydrogens (tertiary/aromatic N) is 1. The van der Waals surface area contributed by atoms with E-state index < -0.39 is 6.04 Å². The van der Waals surface area contributed by atoms with Gasteiger partial charge in [-0.15, -0.1) is 0 Å². The fourth-order valence-electron chi connectivity index (χ4n) is 1.64. The molecule has 2 unspecified atom stereocenters. The summed E-state index contributed by atoms with van der Waals surface area (Å²) in [4.78, 5) is 13.5. The Kier molecular flexibility index (Phi) is 5.01. The maximum atomic E-state index is 11.3. The van der Waals surface area contributed by atoms with Crippen LogP contribution in [0.1, 0.15) is 13.3 Å². The largest absolute Gasteiger partial charge is 0.465 e. The standard InChI is InChI=1S/C10H20N2O3/c1-3-14-10(13)9(11)6-8-7-12(2)4-5-15-8/h8-9H,3-7,11H2,1-2H3. The van der Waals surface area contributed by atoms with Crippen molar-refractivity contribution in [1.82, 2.24) is 4.90 Å². The van der Waals surface area contributed by atoms with Crippen LogP contribution in [0, 0.1) is 0 Å². The quantitative estimate of drug-likeness (QED) is 0.648. The fourth-order valence-corrected chi connectivity index (χ4v) is 1.64. The molecule has 1 fully saturated rings. The molecule has 5 nitrogen and oxygen atoms in total. The van der Waals surface area contributed by atoms with Gasteiger partial charge < -0.3 is 20.1 Å². The number of carbonyl (C=O) groups excluding carboxylic acids is 1. The zero-order chi connectivity index (χ0) is 11.3. The van der Waals surface area contributed by atoms with Crippen molar-refractivity contribution in [2.45, 2.75) is 25.5 Å². The molecule has 2 N–H and O–H groups in total. The minimum absolute atomic E-state index is 0.0446. The monoisotopic (exact) mass is 216 g/mol. The lowest BCUT2D eigenvalue weighted by Gasteiger charge is -2.31. The maximum absolute atomic E-state index is 11.3. The lowest BCUT2D eigenvalue weighted by atomic mass is 10.1. The summed E-state index contributed by atoms with van der Waals surface area (Å²) in [5.41, 5.74) is 5.71. The molecule has 0 saturated carbocycles. The van der Waals surface area contributed by atoms with Gasteiger partial charge in [0.1, 0.15) is 6.04 Å². The first-order chi connectivity index (χ1) is 7.13. The van der Waals surface area contributed by atoms with Crippen molar-refractivity contribution in [2.24, 2.45) is 5.73 Å². The van der Waals surface area contributed by atoms with Crippen LogP contribution in [0.5, 0.6) is 0 Å². The van der Waals surface area contributed by atoms with Crippen LogP contribution in [0.15, 0.2) is 0 Å². The topological polar surface area (TPSA) is 64.8 Å². The number of hydrogen-bond donors (Lipinski definition) is 1. The van der Waals surface area contributed by atoms with Crippen molar-refractivity contribution in [3.05, 3.63) is 0 Å². The number of ether oxygens (including phenoxy) is 2. The van der Waals surface area contributed by atoms with E-state index in [1.807, 2.05) is 7.05 Å². The van der Waals surface area contributed by atoms with E-state index >= 15 is 0 Å². The van der Waals surface area contributed by atoms with Gasteiger partial charge in [0.15, 0.2) is 0 Å². The Morgan fingerprint density at radius 2 is 2.47 bits per heavy atom. The van der Waals surface area contributed by atoms with Crippen LogP contribution in [0.25, 0.3) is 0 Å². The van der Waals surface area contributed by atoms with Gasteiger partial charge >= 0.3 is 5.97 Å². The molecule has 0 aromatic rings. The molecule has 2 atom stereocenters. The zero-order valence-corrected chi connectivity index (χ0v) is 9.44. The summed E-state index contributed by atoms with van der Waals surface area (Å²) in [5.74, 6) is -0.339. The minimum atomic E-state index is -0.568. The average molecular weight is 216 g/mol. The molecule has 88 valence electrons. The molecule has 0 radical (unpaired) electrons. The van der Waals surface area contributed by atoms with Crippen molar-refractivity contribution in [2.75, 3.05) is 33.4 Å². The van der Waals surface area contributed by atoms with Crippen LogP contribution < -0.4 is 5.73 Å². The summed E-state index contributed by atoms with van der Waals surface area (Å²) in [6.07, 6.45) is 0.576. The first kappa shape index (κ1) is 12.4. The van der Waals surface area contributed by atoms with E-state index in [1.165, 1.54) is 0 Å². The average Bonchev–Trinajstić information content (AvgIpc) is 2.18. The summed E-state index contributed by atoms with van der Waals surface area (Å²) < 4.78 is 10.4. The fraction of sp³-hybridized carbons (Fsp3) is 0.900. The number of rotatable bonds is 4. The molecular weight excluding hydrogens is 196 g/mol. The van der Waals surface area contributed by atoms with Gasteiger partial charge in [-0.1, -0.05) is 0 Å². The van der Waals surface area contributed by atoms with E-state index in [-0.39, 0.29) is 12.1 Å². The third-order valence-corrected chi connectivity index (χ3v) is 2.45. The number of esters is 1. The smallest absolute Gasteiger partial charge is 0.322 e. The molecule has 15 heavy (non-hydrogen) atoms. The van der Waals surface area contributed by atoms with E-state index in [9.17, 15) is 4.79 Å². The van der Waals surface area contributed by atoms with Crippen LogP contribution in [0.2, 0.25) is 0 Å². The van der Waals surface area contributed by atoms with Crippen LogP contribution in [-0.4, -0.2) is 56.4 Å². The van der Waals surface area contributed by atoms with Gasteiger partial charge in [0.2, 0.25) is 0 Å². The maximum Gasteiger partial charge on any atom is 0.322 e. The Bertz CT molecular complexity index is 211. The number of carbonyl (C=O) groups is 1. The normalized spacial score (nSPS) is 24.9. The van der Waals surface area contributed by atoms with Crippen LogP contribution >= 0.6 is 0 Å². The first-order valence-electron chi connectivity index (χ1n) is 5.35. The number of nitrogens with two attached hydrogens (primary N) is 1. The first-order valence-corrected chi connectivity index (χ1v) is 5.35. The van der Waals surface area contributed by atoms with Gasteiger partial charge in [0.25, 0.3) is 0 Å². The third kappa shape index (κ3) is 4.15. The van der Waals surface area contributed by atoms with Crippen LogP contribution in [0.4, 0.5) is 0 Å². The minimum Gasteiger partial charge on any atom is -0.465 e. The molecule has 0 bridgehead atoms. The Balaban J connectivity index is 2.30. The van der Waals surface area contributed by atoms with Gasteiger partial charge in [-0.05, 0) is 14.0 Å². The summed E-state index contributed by atoms with van der Waals surface area (Å²) >= 11 is 0. The highest BCUT2D eigenvalue weighted by molar-refractivity contribution is 5.75. The van der Waals surface area contributed by atoms with E-state index in [2.05, 4.69) is 4.90 Å².